The zero-order valence-electron chi connectivity index (χ0n) is 14.0. The van der Waals surface area contributed by atoms with E-state index in [1.165, 1.54) is 6.33 Å². The number of likely N-dealkylation sites (tertiary alicyclic amines) is 1. The first-order valence-corrected chi connectivity index (χ1v) is 8.15. The Morgan fingerprint density at radius 3 is 2.71 bits per heavy atom. The molecule has 3 rings (SSSR count). The van der Waals surface area contributed by atoms with E-state index < -0.39 is 5.97 Å². The van der Waals surface area contributed by atoms with Crippen LogP contribution in [0.2, 0.25) is 0 Å². The summed E-state index contributed by atoms with van der Waals surface area (Å²) in [7, 11) is 0. The van der Waals surface area contributed by atoms with Crippen molar-refractivity contribution < 1.29 is 14.3 Å². The number of aryl methyl sites for hydroxylation is 2. The van der Waals surface area contributed by atoms with Gasteiger partial charge in [-0.1, -0.05) is 0 Å². The fourth-order valence-electron chi connectivity index (χ4n) is 2.98. The van der Waals surface area contributed by atoms with Crippen LogP contribution in [0.3, 0.4) is 0 Å². The highest BCUT2D eigenvalue weighted by atomic mass is 16.5. The minimum absolute atomic E-state index is 0.0632. The van der Waals surface area contributed by atoms with Crippen LogP contribution in [0.15, 0.2) is 6.33 Å². The highest BCUT2D eigenvalue weighted by molar-refractivity contribution is 5.81. The number of aromatic nitrogens is 4. The van der Waals surface area contributed by atoms with E-state index in [0.29, 0.717) is 11.5 Å². The fraction of sp³-hybridized carbons (Fsp3) is 0.562. The largest absolute Gasteiger partial charge is 0.455 e. The lowest BCUT2D eigenvalue weighted by Gasteiger charge is -2.26. The molecule has 1 aliphatic heterocycles. The molecule has 0 aromatic carbocycles. The lowest BCUT2D eigenvalue weighted by Crippen LogP contribution is -2.38. The normalized spacial score (nSPS) is 14.8. The maximum absolute atomic E-state index is 12.1. The van der Waals surface area contributed by atoms with Gasteiger partial charge in [0.2, 0.25) is 0 Å². The van der Waals surface area contributed by atoms with Crippen LogP contribution >= 0.6 is 0 Å². The second kappa shape index (κ2) is 6.94. The van der Waals surface area contributed by atoms with E-state index in [4.69, 9.17) is 4.74 Å². The molecule has 1 amide bonds. The molecule has 8 heteroatoms. The van der Waals surface area contributed by atoms with Crippen LogP contribution < -0.4 is 0 Å². The number of ether oxygens (including phenoxy) is 1. The third-order valence-electron chi connectivity index (χ3n) is 4.38. The van der Waals surface area contributed by atoms with Crippen molar-refractivity contribution in [1.82, 2.24) is 24.5 Å². The number of rotatable bonds is 4. The quantitative estimate of drug-likeness (QED) is 0.771. The smallest absolute Gasteiger partial charge is 0.310 e. The van der Waals surface area contributed by atoms with Crippen LogP contribution in [0.25, 0.3) is 5.78 Å². The zero-order chi connectivity index (χ0) is 17.1. The molecule has 1 aliphatic rings. The summed E-state index contributed by atoms with van der Waals surface area (Å²) in [6, 6.07) is 0. The zero-order valence-corrected chi connectivity index (χ0v) is 14.0. The van der Waals surface area contributed by atoms with Crippen molar-refractivity contribution in [3.05, 3.63) is 23.3 Å². The van der Waals surface area contributed by atoms with Crippen LogP contribution in [0.1, 0.15) is 36.2 Å². The first kappa shape index (κ1) is 16.4. The average molecular weight is 331 g/mol. The van der Waals surface area contributed by atoms with Gasteiger partial charge in [0.25, 0.3) is 11.7 Å². The number of esters is 1. The van der Waals surface area contributed by atoms with Crippen molar-refractivity contribution in [2.75, 3.05) is 19.7 Å². The number of carbonyl (C=O) groups is 2. The predicted octanol–water partition coefficient (Wildman–Crippen LogP) is 0.839. The molecular weight excluding hydrogens is 310 g/mol. The Kier molecular flexibility index (Phi) is 4.73. The number of hydrogen-bond acceptors (Lipinski definition) is 6. The molecule has 0 spiro atoms. The first-order chi connectivity index (χ1) is 11.6. The monoisotopic (exact) mass is 331 g/mol. The van der Waals surface area contributed by atoms with Gasteiger partial charge in [-0.2, -0.15) is 10.1 Å². The van der Waals surface area contributed by atoms with Crippen LogP contribution in [0.4, 0.5) is 0 Å². The maximum atomic E-state index is 12.1. The molecule has 1 saturated heterocycles. The van der Waals surface area contributed by atoms with E-state index in [1.54, 1.807) is 9.42 Å². The van der Waals surface area contributed by atoms with E-state index in [0.717, 1.165) is 43.6 Å². The summed E-state index contributed by atoms with van der Waals surface area (Å²) >= 11 is 0. The van der Waals surface area contributed by atoms with Gasteiger partial charge in [-0.05, 0) is 33.1 Å². The minimum atomic E-state index is -0.437. The standard InChI is InChI=1S/C16H21N5O3/c1-11-13(12(2)21-16(19-11)17-10-18-21)8-15(23)24-9-14(22)20-6-4-3-5-7-20/h10H,3-9H2,1-2H3. The Morgan fingerprint density at radius 1 is 1.21 bits per heavy atom. The van der Waals surface area contributed by atoms with E-state index in [2.05, 4.69) is 15.1 Å². The summed E-state index contributed by atoms with van der Waals surface area (Å²) in [6.07, 6.45) is 4.67. The van der Waals surface area contributed by atoms with Gasteiger partial charge in [0.15, 0.2) is 6.61 Å². The van der Waals surface area contributed by atoms with Gasteiger partial charge in [0.1, 0.15) is 6.33 Å². The molecule has 0 saturated carbocycles. The van der Waals surface area contributed by atoms with Gasteiger partial charge < -0.3 is 9.64 Å². The molecule has 0 radical (unpaired) electrons. The molecule has 2 aromatic rings. The number of hydrogen-bond donors (Lipinski definition) is 0. The number of carbonyl (C=O) groups excluding carboxylic acids is 2. The molecule has 1 fully saturated rings. The van der Waals surface area contributed by atoms with Gasteiger partial charge in [-0.3, -0.25) is 9.59 Å². The fourth-order valence-corrected chi connectivity index (χ4v) is 2.98. The Hall–Kier alpha value is -2.51. The summed E-state index contributed by atoms with van der Waals surface area (Å²) in [5.74, 6) is -0.0587. The Balaban J connectivity index is 1.61. The predicted molar refractivity (Wildman–Crippen MR) is 85.4 cm³/mol. The van der Waals surface area contributed by atoms with Crippen molar-refractivity contribution in [2.24, 2.45) is 0 Å². The maximum Gasteiger partial charge on any atom is 0.310 e. The highest BCUT2D eigenvalue weighted by Gasteiger charge is 2.19. The van der Waals surface area contributed by atoms with E-state index in [1.807, 2.05) is 13.8 Å². The van der Waals surface area contributed by atoms with E-state index in [-0.39, 0.29) is 18.9 Å². The molecule has 2 aromatic heterocycles. The van der Waals surface area contributed by atoms with Crippen LogP contribution in [0, 0.1) is 13.8 Å². The topological polar surface area (TPSA) is 89.7 Å². The summed E-state index contributed by atoms with van der Waals surface area (Å²) in [4.78, 5) is 34.3. The third-order valence-corrected chi connectivity index (χ3v) is 4.38. The average Bonchev–Trinajstić information content (AvgIpc) is 3.05. The summed E-state index contributed by atoms with van der Waals surface area (Å²) in [5.41, 5.74) is 2.27. The number of nitrogens with zero attached hydrogens (tertiary/aromatic N) is 5. The molecule has 0 unspecified atom stereocenters. The summed E-state index contributed by atoms with van der Waals surface area (Å²) in [5, 5.41) is 4.09. The lowest BCUT2D eigenvalue weighted by molar-refractivity contribution is -0.151. The van der Waals surface area contributed by atoms with Crippen molar-refractivity contribution in [3.63, 3.8) is 0 Å². The summed E-state index contributed by atoms with van der Waals surface area (Å²) in [6.45, 7) is 4.99. The van der Waals surface area contributed by atoms with Crippen molar-refractivity contribution in [1.29, 1.82) is 0 Å². The second-order valence-electron chi connectivity index (χ2n) is 6.01. The van der Waals surface area contributed by atoms with Crippen molar-refractivity contribution >= 4 is 17.7 Å². The molecule has 8 nitrogen and oxygen atoms in total. The minimum Gasteiger partial charge on any atom is -0.455 e. The van der Waals surface area contributed by atoms with Crippen LogP contribution in [0.5, 0.6) is 0 Å². The second-order valence-corrected chi connectivity index (χ2v) is 6.01. The molecule has 24 heavy (non-hydrogen) atoms. The Bertz CT molecular complexity index is 764. The lowest BCUT2D eigenvalue weighted by atomic mass is 10.1. The van der Waals surface area contributed by atoms with Gasteiger partial charge in [0.05, 0.1) is 6.42 Å². The van der Waals surface area contributed by atoms with Crippen molar-refractivity contribution in [2.45, 2.75) is 39.5 Å². The molecule has 0 aliphatic carbocycles. The summed E-state index contributed by atoms with van der Waals surface area (Å²) < 4.78 is 6.75. The van der Waals surface area contributed by atoms with Crippen LogP contribution in [-0.2, 0) is 20.7 Å². The number of fused-ring (bicyclic) bond motifs is 1. The van der Waals surface area contributed by atoms with Crippen LogP contribution in [-0.4, -0.2) is 56.1 Å². The Morgan fingerprint density at radius 2 is 1.96 bits per heavy atom. The molecule has 0 bridgehead atoms. The molecule has 0 N–H and O–H groups in total. The van der Waals surface area contributed by atoms with Gasteiger partial charge >= 0.3 is 5.97 Å². The number of amides is 1. The molecular formula is C16H21N5O3. The third kappa shape index (κ3) is 3.37. The SMILES string of the molecule is Cc1nc2ncnn2c(C)c1CC(=O)OCC(=O)N1CCCCC1. The van der Waals surface area contributed by atoms with Gasteiger partial charge in [-0.15, -0.1) is 0 Å². The Labute approximate surface area is 139 Å². The first-order valence-electron chi connectivity index (χ1n) is 8.15. The molecule has 128 valence electrons. The van der Waals surface area contributed by atoms with E-state index in [9.17, 15) is 9.59 Å². The van der Waals surface area contributed by atoms with Crippen molar-refractivity contribution in [3.8, 4) is 0 Å². The molecule has 3 heterocycles. The number of piperidine rings is 1. The highest BCUT2D eigenvalue weighted by Crippen LogP contribution is 2.14. The van der Waals surface area contributed by atoms with Gasteiger partial charge in [-0.25, -0.2) is 9.50 Å². The van der Waals surface area contributed by atoms with Gasteiger partial charge in [0, 0.05) is 30.0 Å². The van der Waals surface area contributed by atoms with E-state index >= 15 is 0 Å². The molecule has 0 atom stereocenters.